The number of benzene rings is 2. The average molecular weight is 340 g/mol. The molecule has 0 saturated heterocycles. The van der Waals surface area contributed by atoms with E-state index in [1.54, 1.807) is 36.4 Å². The number of amides is 3. The fourth-order valence-electron chi connectivity index (χ4n) is 2.67. The molecule has 0 radical (unpaired) electrons. The molecule has 132 valence electrons. The van der Waals surface area contributed by atoms with Crippen molar-refractivity contribution in [3.63, 3.8) is 0 Å². The number of carbonyl (C=O) groups excluding carboxylic acids is 2. The molecule has 25 heavy (non-hydrogen) atoms. The molecule has 2 rings (SSSR count). The predicted molar refractivity (Wildman–Crippen MR) is 102 cm³/mol. The quantitative estimate of drug-likeness (QED) is 0.750. The highest BCUT2D eigenvalue weighted by Gasteiger charge is 2.11. The van der Waals surface area contributed by atoms with Crippen molar-refractivity contribution >= 4 is 29.0 Å². The highest BCUT2D eigenvalue weighted by atomic mass is 16.2. The Morgan fingerprint density at radius 2 is 1.64 bits per heavy atom. The maximum atomic E-state index is 12.4. The molecule has 0 aliphatic carbocycles. The van der Waals surface area contributed by atoms with Crippen molar-refractivity contribution in [1.29, 1.82) is 0 Å². The van der Waals surface area contributed by atoms with Crippen LogP contribution in [0.1, 0.15) is 31.1 Å². The van der Waals surface area contributed by atoms with Gasteiger partial charge in [-0.1, -0.05) is 6.07 Å². The molecule has 0 saturated carbocycles. The van der Waals surface area contributed by atoms with Crippen LogP contribution in [0.3, 0.4) is 0 Å². The van der Waals surface area contributed by atoms with Crippen LogP contribution in [0.15, 0.2) is 48.5 Å². The van der Waals surface area contributed by atoms with Gasteiger partial charge >= 0.3 is 6.03 Å². The van der Waals surface area contributed by atoms with Crippen LogP contribution >= 0.6 is 0 Å². The third kappa shape index (κ3) is 4.97. The van der Waals surface area contributed by atoms with Crippen LogP contribution in [-0.4, -0.2) is 24.5 Å². The zero-order chi connectivity index (χ0) is 18.4. The van der Waals surface area contributed by atoms with Crippen LogP contribution in [0.5, 0.6) is 0 Å². The second-order valence-electron chi connectivity index (χ2n) is 5.95. The fraction of sp³-hybridized carbons (Fsp3) is 0.263. The number of anilines is 3. The molecule has 0 fully saturated rings. The van der Waals surface area contributed by atoms with Gasteiger partial charge in [0.05, 0.1) is 0 Å². The van der Waals surface area contributed by atoms with E-state index >= 15 is 0 Å². The summed E-state index contributed by atoms with van der Waals surface area (Å²) in [5, 5.41) is 5.29. The Labute approximate surface area is 148 Å². The van der Waals surface area contributed by atoms with E-state index in [9.17, 15) is 9.59 Å². The van der Waals surface area contributed by atoms with Gasteiger partial charge in [0.15, 0.2) is 0 Å². The van der Waals surface area contributed by atoms with Crippen molar-refractivity contribution in [1.82, 2.24) is 0 Å². The fourth-order valence-corrected chi connectivity index (χ4v) is 2.67. The number of carbonyl (C=O) groups is 2. The number of hydrogen-bond donors (Lipinski definition) is 3. The standard InChI is InChI=1S/C19H24N4O2/c1-4-23(13(2)3)17-10-8-14(9-11-17)18(24)21-15-6-5-7-16(12-15)22-19(20)25/h5-13H,4H2,1-3H3,(H,21,24)(H3,20,22,25). The lowest BCUT2D eigenvalue weighted by atomic mass is 10.1. The smallest absolute Gasteiger partial charge is 0.316 e. The van der Waals surface area contributed by atoms with Gasteiger partial charge in [-0.3, -0.25) is 4.79 Å². The van der Waals surface area contributed by atoms with Gasteiger partial charge in [0, 0.05) is 35.2 Å². The Kier molecular flexibility index (Phi) is 6.00. The number of urea groups is 1. The van der Waals surface area contributed by atoms with E-state index in [0.29, 0.717) is 23.0 Å². The van der Waals surface area contributed by atoms with E-state index in [1.165, 1.54) is 0 Å². The number of nitrogens with two attached hydrogens (primary N) is 1. The van der Waals surface area contributed by atoms with Gasteiger partial charge in [-0.05, 0) is 63.2 Å². The first-order valence-corrected chi connectivity index (χ1v) is 8.25. The number of hydrogen-bond acceptors (Lipinski definition) is 3. The van der Waals surface area contributed by atoms with Gasteiger partial charge in [-0.25, -0.2) is 4.79 Å². The third-order valence-electron chi connectivity index (χ3n) is 3.81. The van der Waals surface area contributed by atoms with Gasteiger partial charge < -0.3 is 21.3 Å². The molecule has 4 N–H and O–H groups in total. The highest BCUT2D eigenvalue weighted by molar-refractivity contribution is 6.04. The molecular weight excluding hydrogens is 316 g/mol. The molecule has 0 unspecified atom stereocenters. The molecule has 0 aliphatic rings. The lowest BCUT2D eigenvalue weighted by Gasteiger charge is -2.27. The first-order chi connectivity index (χ1) is 11.9. The first kappa shape index (κ1) is 18.3. The van der Waals surface area contributed by atoms with Gasteiger partial charge in [0.2, 0.25) is 0 Å². The minimum Gasteiger partial charge on any atom is -0.369 e. The number of rotatable bonds is 6. The second-order valence-corrected chi connectivity index (χ2v) is 5.95. The molecule has 3 amide bonds. The van der Waals surface area contributed by atoms with Crippen LogP contribution in [0.4, 0.5) is 21.9 Å². The molecule has 2 aromatic rings. The SMILES string of the molecule is CCN(c1ccc(C(=O)Nc2cccc(NC(N)=O)c2)cc1)C(C)C. The predicted octanol–water partition coefficient (Wildman–Crippen LogP) is 3.66. The maximum absolute atomic E-state index is 12.4. The Hall–Kier alpha value is -3.02. The lowest BCUT2D eigenvalue weighted by Crippen LogP contribution is -2.30. The third-order valence-corrected chi connectivity index (χ3v) is 3.81. The van der Waals surface area contributed by atoms with E-state index in [4.69, 9.17) is 5.73 Å². The molecule has 0 aromatic heterocycles. The van der Waals surface area contributed by atoms with E-state index in [-0.39, 0.29) is 5.91 Å². The summed E-state index contributed by atoms with van der Waals surface area (Å²) in [6.45, 7) is 7.28. The van der Waals surface area contributed by atoms with Crippen LogP contribution < -0.4 is 21.3 Å². The maximum Gasteiger partial charge on any atom is 0.316 e. The monoisotopic (exact) mass is 340 g/mol. The van der Waals surface area contributed by atoms with Crippen LogP contribution in [-0.2, 0) is 0 Å². The van der Waals surface area contributed by atoms with Crippen molar-refractivity contribution in [2.45, 2.75) is 26.8 Å². The highest BCUT2D eigenvalue weighted by Crippen LogP contribution is 2.19. The van der Waals surface area contributed by atoms with Crippen molar-refractivity contribution in [3.05, 3.63) is 54.1 Å². The Bertz CT molecular complexity index is 741. The molecule has 0 bridgehead atoms. The topological polar surface area (TPSA) is 87.5 Å². The van der Waals surface area contributed by atoms with Gasteiger partial charge in [-0.2, -0.15) is 0 Å². The number of nitrogens with zero attached hydrogens (tertiary/aromatic N) is 1. The van der Waals surface area contributed by atoms with Crippen molar-refractivity contribution < 1.29 is 9.59 Å². The summed E-state index contributed by atoms with van der Waals surface area (Å²) in [5.41, 5.74) is 7.85. The molecule has 0 spiro atoms. The second kappa shape index (κ2) is 8.19. The molecule has 6 heteroatoms. The van der Waals surface area contributed by atoms with E-state index in [1.807, 2.05) is 12.1 Å². The van der Waals surface area contributed by atoms with Crippen molar-refractivity contribution in [3.8, 4) is 0 Å². The van der Waals surface area contributed by atoms with Gasteiger partial charge in [0.25, 0.3) is 5.91 Å². The number of primary amides is 1. The molecule has 2 aromatic carbocycles. The van der Waals surface area contributed by atoms with Crippen molar-refractivity contribution in [2.75, 3.05) is 22.1 Å². The molecule has 6 nitrogen and oxygen atoms in total. The minimum atomic E-state index is -0.648. The van der Waals surface area contributed by atoms with Gasteiger partial charge in [0.1, 0.15) is 0 Å². The van der Waals surface area contributed by atoms with Crippen LogP contribution in [0.2, 0.25) is 0 Å². The molecular formula is C19H24N4O2. The Morgan fingerprint density at radius 1 is 1.04 bits per heavy atom. The Morgan fingerprint density at radius 3 is 2.16 bits per heavy atom. The summed E-state index contributed by atoms with van der Waals surface area (Å²) in [7, 11) is 0. The average Bonchev–Trinajstić information content (AvgIpc) is 2.55. The molecule has 0 aliphatic heterocycles. The van der Waals surface area contributed by atoms with Crippen LogP contribution in [0, 0.1) is 0 Å². The van der Waals surface area contributed by atoms with Crippen molar-refractivity contribution in [2.24, 2.45) is 5.73 Å². The molecule has 0 atom stereocenters. The summed E-state index contributed by atoms with van der Waals surface area (Å²) in [6.07, 6.45) is 0. The summed E-state index contributed by atoms with van der Waals surface area (Å²) in [5.74, 6) is -0.213. The summed E-state index contributed by atoms with van der Waals surface area (Å²) >= 11 is 0. The largest absolute Gasteiger partial charge is 0.369 e. The summed E-state index contributed by atoms with van der Waals surface area (Å²) < 4.78 is 0. The Balaban J connectivity index is 2.09. The van der Waals surface area contributed by atoms with Gasteiger partial charge in [-0.15, -0.1) is 0 Å². The number of nitrogens with one attached hydrogen (secondary N) is 2. The van der Waals surface area contributed by atoms with Crippen LogP contribution in [0.25, 0.3) is 0 Å². The minimum absolute atomic E-state index is 0.213. The first-order valence-electron chi connectivity index (χ1n) is 8.25. The van der Waals surface area contributed by atoms with E-state index < -0.39 is 6.03 Å². The lowest BCUT2D eigenvalue weighted by molar-refractivity contribution is 0.102. The van der Waals surface area contributed by atoms with E-state index in [2.05, 4.69) is 36.3 Å². The summed E-state index contributed by atoms with van der Waals surface area (Å²) in [6, 6.07) is 14.1. The molecule has 0 heterocycles. The zero-order valence-corrected chi connectivity index (χ0v) is 14.7. The van der Waals surface area contributed by atoms with E-state index in [0.717, 1.165) is 12.2 Å². The zero-order valence-electron chi connectivity index (χ0n) is 14.7. The summed E-state index contributed by atoms with van der Waals surface area (Å²) in [4.78, 5) is 25.5. The normalized spacial score (nSPS) is 10.4.